The van der Waals surface area contributed by atoms with Gasteiger partial charge in [0.2, 0.25) is 5.91 Å². The summed E-state index contributed by atoms with van der Waals surface area (Å²) in [7, 11) is 0. The van der Waals surface area contributed by atoms with Gasteiger partial charge in [0.25, 0.3) is 0 Å². The summed E-state index contributed by atoms with van der Waals surface area (Å²) in [5, 5.41) is 3.22. The lowest BCUT2D eigenvalue weighted by Crippen LogP contribution is -2.14. The fraction of sp³-hybridized carbons (Fsp3) is 0.300. The van der Waals surface area contributed by atoms with E-state index >= 15 is 0 Å². The molecule has 0 atom stereocenters. The van der Waals surface area contributed by atoms with Crippen LogP contribution in [0.5, 0.6) is 0 Å². The second kappa shape index (κ2) is 4.02. The van der Waals surface area contributed by atoms with Crippen LogP contribution < -0.4 is 11.1 Å². The van der Waals surface area contributed by atoms with Crippen molar-refractivity contribution in [1.82, 2.24) is 0 Å². The van der Waals surface area contributed by atoms with Gasteiger partial charge in [-0.1, -0.05) is 27.5 Å². The van der Waals surface area contributed by atoms with Crippen LogP contribution in [-0.4, -0.2) is 5.91 Å². The number of hydrogen-bond donors (Lipinski definition) is 2. The molecule has 2 rings (SSSR count). The first-order chi connectivity index (χ1) is 7.08. The minimum atomic E-state index is 0.0240. The summed E-state index contributed by atoms with van der Waals surface area (Å²) in [4.78, 5) is 11.5. The Labute approximate surface area is 101 Å². The average Bonchev–Trinajstić information content (AvgIpc) is 2.96. The molecule has 15 heavy (non-hydrogen) atoms. The van der Waals surface area contributed by atoms with Crippen molar-refractivity contribution in [3.8, 4) is 0 Å². The minimum Gasteiger partial charge on any atom is -0.396 e. The van der Waals surface area contributed by atoms with Crippen molar-refractivity contribution >= 4 is 44.8 Å². The Morgan fingerprint density at radius 1 is 1.53 bits per heavy atom. The van der Waals surface area contributed by atoms with Crippen LogP contribution in [-0.2, 0) is 4.79 Å². The van der Waals surface area contributed by atoms with Crippen LogP contribution in [0.1, 0.15) is 12.8 Å². The molecular formula is C10H10BrClN2O. The highest BCUT2D eigenvalue weighted by Gasteiger charge is 2.30. The fourth-order valence-electron chi connectivity index (χ4n) is 1.27. The number of benzene rings is 1. The lowest BCUT2D eigenvalue weighted by molar-refractivity contribution is -0.117. The van der Waals surface area contributed by atoms with Crippen molar-refractivity contribution < 1.29 is 4.79 Å². The molecule has 0 spiro atoms. The zero-order valence-corrected chi connectivity index (χ0v) is 10.2. The average molecular weight is 290 g/mol. The minimum absolute atomic E-state index is 0.0240. The van der Waals surface area contributed by atoms with E-state index in [4.69, 9.17) is 17.3 Å². The molecule has 1 aromatic rings. The Kier molecular flexibility index (Phi) is 2.89. The van der Waals surface area contributed by atoms with Crippen molar-refractivity contribution in [2.24, 2.45) is 5.92 Å². The van der Waals surface area contributed by atoms with Crippen molar-refractivity contribution in [3.63, 3.8) is 0 Å². The third kappa shape index (κ3) is 2.44. The van der Waals surface area contributed by atoms with Gasteiger partial charge in [0.1, 0.15) is 0 Å². The second-order valence-corrected chi connectivity index (χ2v) is 4.94. The molecule has 3 nitrogen and oxygen atoms in total. The quantitative estimate of drug-likeness (QED) is 0.822. The summed E-state index contributed by atoms with van der Waals surface area (Å²) in [6.45, 7) is 0. The summed E-state index contributed by atoms with van der Waals surface area (Å²) in [5.74, 6) is 0.179. The van der Waals surface area contributed by atoms with Crippen LogP contribution in [0, 0.1) is 5.92 Å². The Balaban J connectivity index is 2.22. The predicted octanol–water partition coefficient (Wildman–Crippen LogP) is 3.03. The van der Waals surface area contributed by atoms with E-state index in [0.29, 0.717) is 16.4 Å². The summed E-state index contributed by atoms with van der Waals surface area (Å²) in [6, 6.07) is 3.45. The Morgan fingerprint density at radius 3 is 2.80 bits per heavy atom. The number of halogens is 2. The molecule has 1 amide bonds. The predicted molar refractivity (Wildman–Crippen MR) is 64.9 cm³/mol. The maximum absolute atomic E-state index is 11.5. The molecule has 1 fully saturated rings. The van der Waals surface area contributed by atoms with E-state index in [1.54, 1.807) is 12.1 Å². The Bertz CT molecular complexity index is 418. The van der Waals surface area contributed by atoms with E-state index in [-0.39, 0.29) is 11.8 Å². The summed E-state index contributed by atoms with van der Waals surface area (Å²) >= 11 is 9.19. The van der Waals surface area contributed by atoms with Gasteiger partial charge in [-0.25, -0.2) is 0 Å². The van der Waals surface area contributed by atoms with Crippen LogP contribution >= 0.6 is 27.5 Å². The maximum atomic E-state index is 11.5. The number of carbonyl (C=O) groups excluding carboxylic acids is 1. The highest BCUT2D eigenvalue weighted by molar-refractivity contribution is 9.10. The van der Waals surface area contributed by atoms with Gasteiger partial charge >= 0.3 is 0 Å². The molecule has 1 aromatic carbocycles. The summed E-state index contributed by atoms with van der Waals surface area (Å²) in [5.41, 5.74) is 6.74. The van der Waals surface area contributed by atoms with Crippen molar-refractivity contribution in [2.75, 3.05) is 11.1 Å². The molecule has 0 heterocycles. The smallest absolute Gasteiger partial charge is 0.227 e. The molecule has 0 bridgehead atoms. The first-order valence-electron chi connectivity index (χ1n) is 4.63. The van der Waals surface area contributed by atoms with Crippen molar-refractivity contribution in [1.29, 1.82) is 0 Å². The molecule has 0 aromatic heterocycles. The number of anilines is 2. The number of hydrogen-bond acceptors (Lipinski definition) is 2. The van der Waals surface area contributed by atoms with Crippen molar-refractivity contribution in [3.05, 3.63) is 21.6 Å². The topological polar surface area (TPSA) is 55.1 Å². The molecule has 5 heteroatoms. The second-order valence-electron chi connectivity index (χ2n) is 3.61. The zero-order chi connectivity index (χ0) is 11.0. The highest BCUT2D eigenvalue weighted by atomic mass is 79.9. The third-order valence-electron chi connectivity index (χ3n) is 2.30. The summed E-state index contributed by atoms with van der Waals surface area (Å²) < 4.78 is 0.799. The van der Waals surface area contributed by atoms with E-state index < -0.39 is 0 Å². The molecule has 3 N–H and O–H groups in total. The van der Waals surface area contributed by atoms with Gasteiger partial charge in [-0.3, -0.25) is 4.79 Å². The van der Waals surface area contributed by atoms with Crippen LogP contribution in [0.25, 0.3) is 0 Å². The first-order valence-corrected chi connectivity index (χ1v) is 5.80. The zero-order valence-electron chi connectivity index (χ0n) is 7.89. The van der Waals surface area contributed by atoms with E-state index in [9.17, 15) is 4.79 Å². The molecule has 0 unspecified atom stereocenters. The number of amides is 1. The monoisotopic (exact) mass is 288 g/mol. The van der Waals surface area contributed by atoms with Crippen LogP contribution in [0.15, 0.2) is 16.6 Å². The molecular weight excluding hydrogens is 279 g/mol. The first kappa shape index (κ1) is 10.8. The third-order valence-corrected chi connectivity index (χ3v) is 3.07. The van der Waals surface area contributed by atoms with Gasteiger partial charge in [-0.15, -0.1) is 0 Å². The Hall–Kier alpha value is -0.740. The number of nitrogens with one attached hydrogen (secondary N) is 1. The molecule has 1 aliphatic carbocycles. The molecule has 1 aliphatic rings. The number of carbonyl (C=O) groups is 1. The van der Waals surface area contributed by atoms with Gasteiger partial charge < -0.3 is 11.1 Å². The van der Waals surface area contributed by atoms with Gasteiger partial charge in [-0.05, 0) is 25.0 Å². The van der Waals surface area contributed by atoms with Gasteiger partial charge in [0.05, 0.1) is 16.4 Å². The number of nitrogens with two attached hydrogens (primary N) is 1. The molecule has 0 saturated heterocycles. The lowest BCUT2D eigenvalue weighted by atomic mass is 10.2. The van der Waals surface area contributed by atoms with Gasteiger partial charge in [0, 0.05) is 10.4 Å². The molecule has 1 saturated carbocycles. The lowest BCUT2D eigenvalue weighted by Gasteiger charge is -2.09. The molecule has 80 valence electrons. The van der Waals surface area contributed by atoms with Crippen LogP contribution in [0.3, 0.4) is 0 Å². The molecule has 0 radical (unpaired) electrons. The highest BCUT2D eigenvalue weighted by Crippen LogP contribution is 2.34. The number of nitrogen functional groups attached to an aromatic ring is 1. The SMILES string of the molecule is Nc1c(Cl)cc(Br)cc1NC(=O)C1CC1. The summed E-state index contributed by atoms with van der Waals surface area (Å²) in [6.07, 6.45) is 1.93. The van der Waals surface area contributed by atoms with Gasteiger partial charge in [-0.2, -0.15) is 0 Å². The largest absolute Gasteiger partial charge is 0.396 e. The van der Waals surface area contributed by atoms with E-state index in [1.165, 1.54) is 0 Å². The van der Waals surface area contributed by atoms with E-state index in [1.807, 2.05) is 0 Å². The van der Waals surface area contributed by atoms with E-state index in [2.05, 4.69) is 21.2 Å². The van der Waals surface area contributed by atoms with Crippen LogP contribution in [0.2, 0.25) is 5.02 Å². The Morgan fingerprint density at radius 2 is 2.20 bits per heavy atom. The molecule has 0 aliphatic heterocycles. The van der Waals surface area contributed by atoms with Crippen LogP contribution in [0.4, 0.5) is 11.4 Å². The fourth-order valence-corrected chi connectivity index (χ4v) is 2.08. The number of rotatable bonds is 2. The standard InChI is InChI=1S/C10H10BrClN2O/c11-6-3-7(12)9(13)8(4-6)14-10(15)5-1-2-5/h3-5H,1-2,13H2,(H,14,15). The normalized spacial score (nSPS) is 15.1. The maximum Gasteiger partial charge on any atom is 0.227 e. The van der Waals surface area contributed by atoms with Gasteiger partial charge in [0.15, 0.2) is 0 Å². The van der Waals surface area contributed by atoms with E-state index in [0.717, 1.165) is 17.3 Å². The van der Waals surface area contributed by atoms with Crippen molar-refractivity contribution in [2.45, 2.75) is 12.8 Å².